The number of hydrogen-bond acceptors (Lipinski definition) is 7. The zero-order chi connectivity index (χ0) is 16.9. The average molecular weight is 346 g/mol. The molecule has 132 valence electrons. The monoisotopic (exact) mass is 346 g/mol. The smallest absolute Gasteiger partial charge is 0.226 e. The van der Waals surface area contributed by atoms with Gasteiger partial charge in [0.1, 0.15) is 0 Å². The van der Waals surface area contributed by atoms with Gasteiger partial charge in [0.05, 0.1) is 25.0 Å². The van der Waals surface area contributed by atoms with Crippen molar-refractivity contribution in [3.05, 3.63) is 11.7 Å². The van der Waals surface area contributed by atoms with E-state index in [4.69, 9.17) is 9.26 Å². The first-order valence-electron chi connectivity index (χ1n) is 8.04. The summed E-state index contributed by atoms with van der Waals surface area (Å²) in [6.45, 7) is 8.31. The van der Waals surface area contributed by atoms with E-state index in [-0.39, 0.29) is 6.04 Å². The second-order valence-corrected chi connectivity index (χ2v) is 8.26. The van der Waals surface area contributed by atoms with Crippen molar-refractivity contribution in [1.29, 1.82) is 0 Å². The third-order valence-corrected chi connectivity index (χ3v) is 5.76. The molecule has 1 aliphatic heterocycles. The molecule has 8 nitrogen and oxygen atoms in total. The highest BCUT2D eigenvalue weighted by Gasteiger charge is 2.25. The maximum atomic E-state index is 11.8. The minimum atomic E-state index is -3.22. The fourth-order valence-electron chi connectivity index (χ4n) is 2.38. The lowest BCUT2D eigenvalue weighted by Gasteiger charge is -2.34. The van der Waals surface area contributed by atoms with Crippen molar-refractivity contribution in [2.24, 2.45) is 0 Å². The number of aryl methyl sites for hydroxylation is 1. The van der Waals surface area contributed by atoms with E-state index < -0.39 is 15.3 Å². The number of aromatic nitrogens is 2. The second-order valence-electron chi connectivity index (χ2n) is 5.93. The van der Waals surface area contributed by atoms with Crippen molar-refractivity contribution in [3.63, 3.8) is 0 Å². The van der Waals surface area contributed by atoms with Crippen LogP contribution in [0.2, 0.25) is 0 Å². The number of hydrogen-bond donors (Lipinski definition) is 1. The molecule has 0 bridgehead atoms. The van der Waals surface area contributed by atoms with Gasteiger partial charge in [-0.1, -0.05) is 12.1 Å². The number of nitrogens with one attached hydrogen (secondary N) is 1. The van der Waals surface area contributed by atoms with Crippen LogP contribution in [-0.4, -0.2) is 61.1 Å². The molecule has 9 heteroatoms. The molecule has 2 heterocycles. The highest BCUT2D eigenvalue weighted by Crippen LogP contribution is 2.14. The molecule has 0 aromatic carbocycles. The Kier molecular flexibility index (Phi) is 6.51. The summed E-state index contributed by atoms with van der Waals surface area (Å²) in [5, 5.41) is 3.56. The average Bonchev–Trinajstić information content (AvgIpc) is 2.96. The van der Waals surface area contributed by atoms with E-state index in [1.54, 1.807) is 13.8 Å². The minimum absolute atomic E-state index is 0.141. The lowest BCUT2D eigenvalue weighted by Crippen LogP contribution is -2.46. The lowest BCUT2D eigenvalue weighted by molar-refractivity contribution is -0.0152. The van der Waals surface area contributed by atoms with Gasteiger partial charge >= 0.3 is 0 Å². The molecule has 0 radical (unpaired) electrons. The topological polar surface area (TPSA) is 97.6 Å². The number of sulfonamides is 1. The molecule has 0 aliphatic carbocycles. The SMILES string of the molecule is CCc1nc(CN2CCOCC2CCNS(=O)(=O)C(C)C)no1. The van der Waals surface area contributed by atoms with Gasteiger partial charge in [-0.25, -0.2) is 13.1 Å². The molecule has 0 saturated carbocycles. The van der Waals surface area contributed by atoms with E-state index in [0.29, 0.717) is 44.4 Å². The van der Waals surface area contributed by atoms with Crippen LogP contribution in [0.1, 0.15) is 38.9 Å². The van der Waals surface area contributed by atoms with Crippen LogP contribution < -0.4 is 4.72 Å². The van der Waals surface area contributed by atoms with Crippen LogP contribution in [0.5, 0.6) is 0 Å². The highest BCUT2D eigenvalue weighted by atomic mass is 32.2. The molecule has 1 unspecified atom stereocenters. The van der Waals surface area contributed by atoms with Crippen LogP contribution in [0.3, 0.4) is 0 Å². The van der Waals surface area contributed by atoms with Crippen LogP contribution in [0.4, 0.5) is 0 Å². The predicted molar refractivity (Wildman–Crippen MR) is 85.4 cm³/mol. The number of morpholine rings is 1. The molecular formula is C14H26N4O4S. The highest BCUT2D eigenvalue weighted by molar-refractivity contribution is 7.90. The van der Waals surface area contributed by atoms with Crippen LogP contribution in [0.15, 0.2) is 4.52 Å². The van der Waals surface area contributed by atoms with Gasteiger partial charge in [-0.2, -0.15) is 4.98 Å². The Balaban J connectivity index is 1.88. The van der Waals surface area contributed by atoms with E-state index in [1.165, 1.54) is 0 Å². The van der Waals surface area contributed by atoms with Crippen molar-refractivity contribution in [2.75, 3.05) is 26.3 Å². The van der Waals surface area contributed by atoms with Crippen molar-refractivity contribution < 1.29 is 17.7 Å². The van der Waals surface area contributed by atoms with Crippen LogP contribution in [0.25, 0.3) is 0 Å². The molecule has 1 N–H and O–H groups in total. The molecular weight excluding hydrogens is 320 g/mol. The Morgan fingerprint density at radius 1 is 1.43 bits per heavy atom. The molecule has 2 rings (SSSR count). The van der Waals surface area contributed by atoms with Gasteiger partial charge in [-0.15, -0.1) is 0 Å². The summed E-state index contributed by atoms with van der Waals surface area (Å²) in [6.07, 6.45) is 1.40. The maximum Gasteiger partial charge on any atom is 0.226 e. The largest absolute Gasteiger partial charge is 0.378 e. The van der Waals surface area contributed by atoms with E-state index in [1.807, 2.05) is 6.92 Å². The number of rotatable bonds is 8. The molecule has 1 aromatic heterocycles. The molecule has 1 fully saturated rings. The van der Waals surface area contributed by atoms with Crippen molar-refractivity contribution in [1.82, 2.24) is 19.8 Å². The van der Waals surface area contributed by atoms with Crippen molar-refractivity contribution >= 4 is 10.0 Å². The van der Waals surface area contributed by atoms with E-state index >= 15 is 0 Å². The predicted octanol–water partition coefficient (Wildman–Crippen LogP) is 0.551. The van der Waals surface area contributed by atoms with Gasteiger partial charge in [0.25, 0.3) is 0 Å². The summed E-state index contributed by atoms with van der Waals surface area (Å²) in [5.41, 5.74) is 0. The standard InChI is InChI=1S/C14H26N4O4S/c1-4-14-16-13(17-22-14)9-18-7-8-21-10-12(18)5-6-15-23(19,20)11(2)3/h11-12,15H,4-10H2,1-3H3. The van der Waals surface area contributed by atoms with Gasteiger partial charge in [0.2, 0.25) is 15.9 Å². The van der Waals surface area contributed by atoms with Crippen LogP contribution in [-0.2, 0) is 27.7 Å². The Morgan fingerprint density at radius 3 is 2.87 bits per heavy atom. The number of nitrogens with zero attached hydrogens (tertiary/aromatic N) is 3. The molecule has 1 aliphatic rings. The quantitative estimate of drug-likeness (QED) is 0.734. The molecule has 1 saturated heterocycles. The Labute approximate surface area is 137 Å². The molecule has 23 heavy (non-hydrogen) atoms. The Hall–Kier alpha value is -1.03. The summed E-state index contributed by atoms with van der Waals surface area (Å²) >= 11 is 0. The first-order chi connectivity index (χ1) is 10.9. The molecule has 1 aromatic rings. The first kappa shape index (κ1) is 18.3. The van der Waals surface area contributed by atoms with Gasteiger partial charge in [0.15, 0.2) is 5.82 Å². The van der Waals surface area contributed by atoms with Gasteiger partial charge in [-0.3, -0.25) is 4.90 Å². The zero-order valence-corrected chi connectivity index (χ0v) is 14.8. The summed E-state index contributed by atoms with van der Waals surface area (Å²) in [6, 6.07) is 0.141. The Morgan fingerprint density at radius 2 is 2.22 bits per heavy atom. The van der Waals surface area contributed by atoms with Gasteiger partial charge in [-0.05, 0) is 20.3 Å². The second kappa shape index (κ2) is 8.18. The first-order valence-corrected chi connectivity index (χ1v) is 9.58. The van der Waals surface area contributed by atoms with E-state index in [9.17, 15) is 8.42 Å². The summed E-state index contributed by atoms with van der Waals surface area (Å²) < 4.78 is 36.9. The lowest BCUT2D eigenvalue weighted by atomic mass is 10.1. The van der Waals surface area contributed by atoms with Gasteiger partial charge in [0, 0.05) is 25.6 Å². The minimum Gasteiger partial charge on any atom is -0.378 e. The summed E-state index contributed by atoms with van der Waals surface area (Å²) in [4.78, 5) is 6.55. The van der Waals surface area contributed by atoms with Crippen molar-refractivity contribution in [3.8, 4) is 0 Å². The van der Waals surface area contributed by atoms with E-state index in [0.717, 1.165) is 13.0 Å². The maximum absolute atomic E-state index is 11.8. The molecule has 0 spiro atoms. The van der Waals surface area contributed by atoms with Gasteiger partial charge < -0.3 is 9.26 Å². The van der Waals surface area contributed by atoms with Crippen LogP contribution >= 0.6 is 0 Å². The fraction of sp³-hybridized carbons (Fsp3) is 0.857. The summed E-state index contributed by atoms with van der Waals surface area (Å²) in [7, 11) is -3.22. The third kappa shape index (κ3) is 5.23. The van der Waals surface area contributed by atoms with Crippen molar-refractivity contribution in [2.45, 2.75) is 51.4 Å². The van der Waals surface area contributed by atoms with Crippen LogP contribution in [0, 0.1) is 0 Å². The Bertz CT molecular complexity index is 587. The van der Waals surface area contributed by atoms with E-state index in [2.05, 4.69) is 19.8 Å². The molecule has 0 amide bonds. The molecule has 1 atom stereocenters. The fourth-order valence-corrected chi connectivity index (χ4v) is 3.11. The zero-order valence-electron chi connectivity index (χ0n) is 14.0. The normalized spacial score (nSPS) is 20.3. The third-order valence-electron chi connectivity index (χ3n) is 3.91. The summed E-state index contributed by atoms with van der Waals surface area (Å²) in [5.74, 6) is 1.30. The number of ether oxygens (including phenoxy) is 1.